The number of hydrogen-bond acceptors (Lipinski definition) is 3. The van der Waals surface area contributed by atoms with Crippen molar-refractivity contribution in [3.8, 4) is 0 Å². The maximum Gasteiger partial charge on any atom is 0.319 e. The standard InChI is InChI=1S/C15H19N3O3/c1-8(2)16-14(21)17-9-5-6-11-10(7-9)12(19)18-13(20)15(11,3)4/h5-8H,1-4H3,(H2,16,17,21)(H,18,19,20). The molecule has 21 heavy (non-hydrogen) atoms. The predicted molar refractivity (Wildman–Crippen MR) is 79.2 cm³/mol. The summed E-state index contributed by atoms with van der Waals surface area (Å²) in [6, 6.07) is 4.65. The van der Waals surface area contributed by atoms with Crippen LogP contribution in [0.25, 0.3) is 0 Å². The van der Waals surface area contributed by atoms with Crippen LogP contribution in [0.2, 0.25) is 0 Å². The smallest absolute Gasteiger partial charge is 0.319 e. The van der Waals surface area contributed by atoms with E-state index in [0.717, 1.165) is 0 Å². The minimum atomic E-state index is -0.776. The van der Waals surface area contributed by atoms with Crippen molar-refractivity contribution in [3.05, 3.63) is 29.3 Å². The molecule has 0 saturated carbocycles. The van der Waals surface area contributed by atoms with Crippen LogP contribution in [-0.4, -0.2) is 23.9 Å². The number of benzene rings is 1. The van der Waals surface area contributed by atoms with E-state index in [1.54, 1.807) is 32.0 Å². The van der Waals surface area contributed by atoms with Crippen molar-refractivity contribution in [2.75, 3.05) is 5.32 Å². The molecular weight excluding hydrogens is 270 g/mol. The van der Waals surface area contributed by atoms with Gasteiger partial charge in [-0.25, -0.2) is 4.79 Å². The van der Waals surface area contributed by atoms with Crippen LogP contribution in [0, 0.1) is 0 Å². The zero-order chi connectivity index (χ0) is 15.8. The maximum atomic E-state index is 11.9. The number of anilines is 1. The monoisotopic (exact) mass is 289 g/mol. The molecule has 0 aromatic heterocycles. The molecule has 0 spiro atoms. The van der Waals surface area contributed by atoms with Crippen molar-refractivity contribution in [3.63, 3.8) is 0 Å². The average molecular weight is 289 g/mol. The van der Waals surface area contributed by atoms with Gasteiger partial charge in [-0.05, 0) is 45.4 Å². The van der Waals surface area contributed by atoms with Crippen LogP contribution in [0.15, 0.2) is 18.2 Å². The quantitative estimate of drug-likeness (QED) is 0.725. The van der Waals surface area contributed by atoms with Gasteiger partial charge < -0.3 is 10.6 Å². The van der Waals surface area contributed by atoms with Crippen molar-refractivity contribution >= 4 is 23.5 Å². The molecule has 0 aliphatic carbocycles. The van der Waals surface area contributed by atoms with E-state index < -0.39 is 11.3 Å². The summed E-state index contributed by atoms with van der Waals surface area (Å²) in [5, 5.41) is 7.70. The highest BCUT2D eigenvalue weighted by atomic mass is 16.2. The Morgan fingerprint density at radius 3 is 2.52 bits per heavy atom. The molecule has 0 radical (unpaired) electrons. The maximum absolute atomic E-state index is 11.9. The number of carbonyl (C=O) groups is 3. The summed E-state index contributed by atoms with van der Waals surface area (Å²) < 4.78 is 0. The Labute approximate surface area is 123 Å². The second-order valence-corrected chi connectivity index (χ2v) is 5.92. The molecule has 0 fully saturated rings. The molecule has 1 aliphatic heterocycles. The third-order valence-corrected chi connectivity index (χ3v) is 3.41. The van der Waals surface area contributed by atoms with Crippen LogP contribution in [-0.2, 0) is 10.2 Å². The SMILES string of the molecule is CC(C)NC(=O)Nc1ccc2c(c1)C(=O)NC(=O)C2(C)C. The van der Waals surface area contributed by atoms with Crippen molar-refractivity contribution < 1.29 is 14.4 Å². The van der Waals surface area contributed by atoms with Gasteiger partial charge in [0.15, 0.2) is 0 Å². The van der Waals surface area contributed by atoms with Gasteiger partial charge in [-0.15, -0.1) is 0 Å². The first kappa shape index (κ1) is 15.0. The van der Waals surface area contributed by atoms with E-state index in [-0.39, 0.29) is 18.0 Å². The molecule has 1 aliphatic rings. The van der Waals surface area contributed by atoms with Crippen molar-refractivity contribution in [2.24, 2.45) is 0 Å². The number of urea groups is 1. The first-order valence-electron chi connectivity index (χ1n) is 6.79. The molecule has 1 heterocycles. The molecular formula is C15H19N3O3. The van der Waals surface area contributed by atoms with Crippen molar-refractivity contribution in [1.82, 2.24) is 10.6 Å². The molecule has 0 saturated heterocycles. The Bertz CT molecular complexity index is 621. The molecule has 0 bridgehead atoms. The summed E-state index contributed by atoms with van der Waals surface area (Å²) in [5.41, 5.74) is 0.794. The topological polar surface area (TPSA) is 87.3 Å². The van der Waals surface area contributed by atoms with Gasteiger partial charge in [0.05, 0.1) is 5.41 Å². The lowest BCUT2D eigenvalue weighted by Gasteiger charge is -2.30. The first-order valence-corrected chi connectivity index (χ1v) is 6.79. The molecule has 0 unspecified atom stereocenters. The third-order valence-electron chi connectivity index (χ3n) is 3.41. The Balaban J connectivity index is 2.31. The molecule has 6 heteroatoms. The summed E-state index contributed by atoms with van der Waals surface area (Å²) >= 11 is 0. The fourth-order valence-electron chi connectivity index (χ4n) is 2.23. The second-order valence-electron chi connectivity index (χ2n) is 5.92. The van der Waals surface area contributed by atoms with Gasteiger partial charge in [0, 0.05) is 17.3 Å². The van der Waals surface area contributed by atoms with Crippen LogP contribution >= 0.6 is 0 Å². The fourth-order valence-corrected chi connectivity index (χ4v) is 2.23. The lowest BCUT2D eigenvalue weighted by atomic mass is 9.78. The molecule has 3 N–H and O–H groups in total. The van der Waals surface area contributed by atoms with Crippen molar-refractivity contribution in [2.45, 2.75) is 39.2 Å². The summed E-state index contributed by atoms with van der Waals surface area (Å²) in [7, 11) is 0. The molecule has 2 rings (SSSR count). The molecule has 4 amide bonds. The zero-order valence-electron chi connectivity index (χ0n) is 12.5. The van der Waals surface area contributed by atoms with Gasteiger partial charge in [0.25, 0.3) is 5.91 Å². The summed E-state index contributed by atoms with van der Waals surface area (Å²) in [6.07, 6.45) is 0. The van der Waals surface area contributed by atoms with Gasteiger partial charge in [0.1, 0.15) is 0 Å². The lowest BCUT2D eigenvalue weighted by Crippen LogP contribution is -2.48. The number of carbonyl (C=O) groups excluding carboxylic acids is 3. The second kappa shape index (κ2) is 5.20. The number of amides is 4. The lowest BCUT2D eigenvalue weighted by molar-refractivity contribution is -0.125. The van der Waals surface area contributed by atoms with Gasteiger partial charge in [-0.3, -0.25) is 14.9 Å². The van der Waals surface area contributed by atoms with E-state index in [4.69, 9.17) is 0 Å². The normalized spacial score (nSPS) is 16.2. The molecule has 6 nitrogen and oxygen atoms in total. The number of fused-ring (bicyclic) bond motifs is 1. The highest BCUT2D eigenvalue weighted by Gasteiger charge is 2.39. The number of hydrogen-bond donors (Lipinski definition) is 3. The van der Waals surface area contributed by atoms with E-state index >= 15 is 0 Å². The van der Waals surface area contributed by atoms with Gasteiger partial charge in [-0.1, -0.05) is 6.07 Å². The van der Waals surface area contributed by atoms with E-state index in [0.29, 0.717) is 16.8 Å². The number of imide groups is 1. The van der Waals surface area contributed by atoms with Crippen LogP contribution in [0.5, 0.6) is 0 Å². The molecule has 0 atom stereocenters. The molecule has 1 aromatic rings. The van der Waals surface area contributed by atoms with Gasteiger partial charge in [0.2, 0.25) is 5.91 Å². The Kier molecular flexibility index (Phi) is 3.72. The van der Waals surface area contributed by atoms with Crippen LogP contribution in [0.3, 0.4) is 0 Å². The summed E-state index contributed by atoms with van der Waals surface area (Å²) in [5.74, 6) is -0.763. The van der Waals surface area contributed by atoms with Crippen LogP contribution in [0.4, 0.5) is 10.5 Å². The average Bonchev–Trinajstić information content (AvgIpc) is 2.35. The number of nitrogens with one attached hydrogen (secondary N) is 3. The first-order chi connectivity index (χ1) is 9.71. The third kappa shape index (κ3) is 2.89. The van der Waals surface area contributed by atoms with Gasteiger partial charge in [-0.2, -0.15) is 0 Å². The summed E-state index contributed by atoms with van der Waals surface area (Å²) in [6.45, 7) is 7.22. The minimum absolute atomic E-state index is 0.0162. The van der Waals surface area contributed by atoms with E-state index in [2.05, 4.69) is 16.0 Å². The zero-order valence-corrected chi connectivity index (χ0v) is 12.5. The van der Waals surface area contributed by atoms with E-state index in [1.165, 1.54) is 0 Å². The Morgan fingerprint density at radius 1 is 1.24 bits per heavy atom. The predicted octanol–water partition coefficient (Wildman–Crippen LogP) is 1.76. The van der Waals surface area contributed by atoms with E-state index in [9.17, 15) is 14.4 Å². The van der Waals surface area contributed by atoms with Crippen LogP contribution in [0.1, 0.15) is 43.6 Å². The minimum Gasteiger partial charge on any atom is -0.336 e. The largest absolute Gasteiger partial charge is 0.336 e. The number of rotatable bonds is 2. The van der Waals surface area contributed by atoms with Crippen molar-refractivity contribution in [1.29, 1.82) is 0 Å². The molecule has 1 aromatic carbocycles. The summed E-state index contributed by atoms with van der Waals surface area (Å²) in [4.78, 5) is 35.5. The highest BCUT2D eigenvalue weighted by Crippen LogP contribution is 2.32. The van der Waals surface area contributed by atoms with Crippen LogP contribution < -0.4 is 16.0 Å². The van der Waals surface area contributed by atoms with E-state index in [1.807, 2.05) is 13.8 Å². The Morgan fingerprint density at radius 2 is 1.90 bits per heavy atom. The fraction of sp³-hybridized carbons (Fsp3) is 0.400. The highest BCUT2D eigenvalue weighted by molar-refractivity contribution is 6.13. The molecule has 112 valence electrons. The van der Waals surface area contributed by atoms with Gasteiger partial charge >= 0.3 is 6.03 Å². The Hall–Kier alpha value is -2.37.